The Labute approximate surface area is 138 Å². The third-order valence-electron chi connectivity index (χ3n) is 4.75. The molecule has 2 aromatic rings. The largest absolute Gasteiger partial charge is 0.352 e. The molecular formula is C16H16ClN5O. The maximum atomic E-state index is 12.5. The Balaban J connectivity index is 1.47. The van der Waals surface area contributed by atoms with Crippen LogP contribution in [0.1, 0.15) is 23.2 Å². The van der Waals surface area contributed by atoms with E-state index in [1.54, 1.807) is 18.2 Å². The van der Waals surface area contributed by atoms with Gasteiger partial charge in [0.2, 0.25) is 0 Å². The number of aromatic nitrogens is 4. The Hall–Kier alpha value is -2.21. The monoisotopic (exact) mass is 329 g/mol. The van der Waals surface area contributed by atoms with E-state index in [-0.39, 0.29) is 5.91 Å². The van der Waals surface area contributed by atoms with Gasteiger partial charge in [0, 0.05) is 6.54 Å². The lowest BCUT2D eigenvalue weighted by Crippen LogP contribution is -2.31. The average Bonchev–Trinajstić information content (AvgIpc) is 3.30. The molecule has 0 unspecified atom stereocenters. The number of tetrazole rings is 1. The van der Waals surface area contributed by atoms with E-state index in [1.165, 1.54) is 23.9 Å². The maximum Gasteiger partial charge on any atom is 0.252 e. The minimum atomic E-state index is -0.156. The number of hydrogen-bond donors (Lipinski definition) is 1. The first-order chi connectivity index (χ1) is 11.2. The highest BCUT2D eigenvalue weighted by Gasteiger charge is 2.35. The summed E-state index contributed by atoms with van der Waals surface area (Å²) in [5.41, 5.74) is 1.14. The molecule has 1 fully saturated rings. The van der Waals surface area contributed by atoms with Crippen molar-refractivity contribution in [2.45, 2.75) is 12.8 Å². The normalized spacial score (nSPS) is 25.0. The number of nitrogens with one attached hydrogen (secondary N) is 1. The van der Waals surface area contributed by atoms with Gasteiger partial charge in [-0.1, -0.05) is 23.8 Å². The smallest absolute Gasteiger partial charge is 0.252 e. The Morgan fingerprint density at radius 1 is 1.35 bits per heavy atom. The van der Waals surface area contributed by atoms with E-state index in [9.17, 15) is 4.79 Å². The molecule has 118 valence electrons. The molecule has 1 saturated carbocycles. The second-order valence-corrected chi connectivity index (χ2v) is 6.58. The van der Waals surface area contributed by atoms with Gasteiger partial charge < -0.3 is 5.32 Å². The lowest BCUT2D eigenvalue weighted by atomic mass is 9.93. The molecule has 2 aliphatic rings. The van der Waals surface area contributed by atoms with Gasteiger partial charge >= 0.3 is 0 Å². The summed E-state index contributed by atoms with van der Waals surface area (Å²) in [7, 11) is 0. The van der Waals surface area contributed by atoms with E-state index < -0.39 is 0 Å². The van der Waals surface area contributed by atoms with Crippen LogP contribution in [0.15, 0.2) is 36.7 Å². The predicted octanol–water partition coefficient (Wildman–Crippen LogP) is 2.26. The highest BCUT2D eigenvalue weighted by atomic mass is 35.5. The predicted molar refractivity (Wildman–Crippen MR) is 85.3 cm³/mol. The van der Waals surface area contributed by atoms with Crippen LogP contribution in [0.4, 0.5) is 0 Å². The molecule has 3 atom stereocenters. The third-order valence-corrected chi connectivity index (χ3v) is 5.08. The minimum absolute atomic E-state index is 0.156. The molecule has 1 aromatic heterocycles. The molecule has 0 aliphatic heterocycles. The first kappa shape index (κ1) is 14.4. The lowest BCUT2D eigenvalue weighted by Gasteiger charge is -2.18. The van der Waals surface area contributed by atoms with Crippen molar-refractivity contribution >= 4 is 17.5 Å². The summed E-state index contributed by atoms with van der Waals surface area (Å²) in [6, 6.07) is 5.17. The number of carbonyl (C=O) groups excluding carboxylic acids is 1. The number of amides is 1. The standard InChI is InChI=1S/C16H16ClN5O/c17-15-4-3-13(22-9-19-20-21-22)7-14(15)16(23)18-8-12-6-10-1-2-11(12)5-10/h1-4,7,9-12H,5-6,8H2,(H,18,23)/t10-,11+,12+/m1/s1. The van der Waals surface area contributed by atoms with Crippen molar-refractivity contribution in [1.29, 1.82) is 0 Å². The lowest BCUT2D eigenvalue weighted by molar-refractivity contribution is 0.0945. The van der Waals surface area contributed by atoms with Crippen molar-refractivity contribution in [1.82, 2.24) is 25.5 Å². The van der Waals surface area contributed by atoms with Crippen molar-refractivity contribution in [2.75, 3.05) is 6.54 Å². The van der Waals surface area contributed by atoms with Crippen molar-refractivity contribution < 1.29 is 4.79 Å². The fourth-order valence-electron chi connectivity index (χ4n) is 3.56. The topological polar surface area (TPSA) is 72.7 Å². The zero-order valence-corrected chi connectivity index (χ0v) is 13.1. The van der Waals surface area contributed by atoms with Gasteiger partial charge in [0.15, 0.2) is 0 Å². The Morgan fingerprint density at radius 3 is 2.96 bits per heavy atom. The number of halogens is 1. The van der Waals surface area contributed by atoms with E-state index in [2.05, 4.69) is 33.0 Å². The number of fused-ring (bicyclic) bond motifs is 2. The zero-order chi connectivity index (χ0) is 15.8. The van der Waals surface area contributed by atoms with Crippen molar-refractivity contribution in [3.8, 4) is 5.69 Å². The van der Waals surface area contributed by atoms with Gasteiger partial charge in [-0.25, -0.2) is 4.68 Å². The van der Waals surface area contributed by atoms with Crippen LogP contribution in [0.2, 0.25) is 5.02 Å². The summed E-state index contributed by atoms with van der Waals surface area (Å²) < 4.78 is 1.49. The number of hydrogen-bond acceptors (Lipinski definition) is 4. The van der Waals surface area contributed by atoms with Gasteiger partial charge in [0.1, 0.15) is 6.33 Å². The average molecular weight is 330 g/mol. The van der Waals surface area contributed by atoms with Crippen LogP contribution in [-0.2, 0) is 0 Å². The van der Waals surface area contributed by atoms with Crippen molar-refractivity contribution in [3.63, 3.8) is 0 Å². The summed E-state index contributed by atoms with van der Waals surface area (Å²) >= 11 is 6.18. The molecule has 2 bridgehead atoms. The van der Waals surface area contributed by atoms with Crippen LogP contribution in [0, 0.1) is 17.8 Å². The number of nitrogens with zero attached hydrogens (tertiary/aromatic N) is 4. The molecule has 23 heavy (non-hydrogen) atoms. The Bertz CT molecular complexity index is 758. The molecule has 4 rings (SSSR count). The second-order valence-electron chi connectivity index (χ2n) is 6.17. The SMILES string of the molecule is O=C(NC[C@@H]1C[C@@H]2C=C[C@H]1C2)c1cc(-n2cnnn2)ccc1Cl. The molecule has 1 aromatic carbocycles. The highest BCUT2D eigenvalue weighted by Crippen LogP contribution is 2.42. The summed E-state index contributed by atoms with van der Waals surface area (Å²) in [5, 5.41) is 14.5. The van der Waals surface area contributed by atoms with Gasteiger partial charge in [-0.2, -0.15) is 0 Å². The van der Waals surface area contributed by atoms with Crippen LogP contribution >= 0.6 is 11.6 Å². The molecule has 1 amide bonds. The van der Waals surface area contributed by atoms with Crippen LogP contribution in [0.5, 0.6) is 0 Å². The Kier molecular flexibility index (Phi) is 3.61. The molecule has 0 spiro atoms. The first-order valence-electron chi connectivity index (χ1n) is 7.70. The van der Waals surface area contributed by atoms with E-state index in [1.807, 2.05) is 0 Å². The highest BCUT2D eigenvalue weighted by molar-refractivity contribution is 6.33. The molecular weight excluding hydrogens is 314 g/mol. The minimum Gasteiger partial charge on any atom is -0.352 e. The van der Waals surface area contributed by atoms with Gasteiger partial charge in [0.25, 0.3) is 5.91 Å². The van der Waals surface area contributed by atoms with E-state index >= 15 is 0 Å². The summed E-state index contributed by atoms with van der Waals surface area (Å²) in [6.45, 7) is 0.690. The molecule has 7 heteroatoms. The van der Waals surface area contributed by atoms with Gasteiger partial charge in [-0.15, -0.1) is 5.10 Å². The van der Waals surface area contributed by atoms with Crippen LogP contribution < -0.4 is 5.32 Å². The molecule has 0 radical (unpaired) electrons. The third kappa shape index (κ3) is 2.74. The number of benzene rings is 1. The quantitative estimate of drug-likeness (QED) is 0.873. The molecule has 6 nitrogen and oxygen atoms in total. The summed E-state index contributed by atoms with van der Waals surface area (Å²) in [4.78, 5) is 12.5. The summed E-state index contributed by atoms with van der Waals surface area (Å²) in [6.07, 6.45) is 8.47. The number of rotatable bonds is 4. The maximum absolute atomic E-state index is 12.5. The fourth-order valence-corrected chi connectivity index (χ4v) is 3.76. The Morgan fingerprint density at radius 2 is 2.26 bits per heavy atom. The van der Waals surface area contributed by atoms with Gasteiger partial charge in [-0.3, -0.25) is 4.79 Å². The van der Waals surface area contributed by atoms with E-state index in [0.717, 1.165) is 0 Å². The van der Waals surface area contributed by atoms with E-state index in [0.29, 0.717) is 40.6 Å². The molecule has 2 aliphatic carbocycles. The van der Waals surface area contributed by atoms with Crippen LogP contribution in [-0.4, -0.2) is 32.7 Å². The van der Waals surface area contributed by atoms with Gasteiger partial charge in [-0.05, 0) is 59.2 Å². The van der Waals surface area contributed by atoms with Gasteiger partial charge in [0.05, 0.1) is 16.3 Å². The van der Waals surface area contributed by atoms with Crippen LogP contribution in [0.25, 0.3) is 5.69 Å². The van der Waals surface area contributed by atoms with E-state index in [4.69, 9.17) is 11.6 Å². The number of carbonyl (C=O) groups is 1. The fraction of sp³-hybridized carbons (Fsp3) is 0.375. The van der Waals surface area contributed by atoms with Crippen molar-refractivity contribution in [2.24, 2.45) is 17.8 Å². The molecule has 0 saturated heterocycles. The van der Waals surface area contributed by atoms with Crippen LogP contribution in [0.3, 0.4) is 0 Å². The first-order valence-corrected chi connectivity index (χ1v) is 8.08. The number of allylic oxidation sites excluding steroid dienone is 2. The second kappa shape index (κ2) is 5.77. The zero-order valence-electron chi connectivity index (χ0n) is 12.4. The summed E-state index contributed by atoms with van der Waals surface area (Å²) in [5.74, 6) is 1.70. The molecule has 1 heterocycles. The molecule has 1 N–H and O–H groups in total. The van der Waals surface area contributed by atoms with Crippen molar-refractivity contribution in [3.05, 3.63) is 47.3 Å².